The fourth-order valence-corrected chi connectivity index (χ4v) is 1.26. The molecule has 3 N–H and O–H groups in total. The van der Waals surface area contributed by atoms with Crippen LogP contribution in [-0.2, 0) is 16.1 Å². The molecule has 88 valence electrons. The number of nitrogens with one attached hydrogen (secondary N) is 1. The van der Waals surface area contributed by atoms with Gasteiger partial charge in [-0.15, -0.1) is 0 Å². The number of carbonyl (C=O) groups is 1. The molecule has 5 nitrogen and oxygen atoms in total. The Balaban J connectivity index is 2.09. The molecule has 16 heavy (non-hydrogen) atoms. The highest BCUT2D eigenvalue weighted by Crippen LogP contribution is 1.99. The number of aryl methyl sites for hydroxylation is 1. The zero-order valence-corrected chi connectivity index (χ0v) is 9.40. The summed E-state index contributed by atoms with van der Waals surface area (Å²) in [5.74, 6) is -0.442. The summed E-state index contributed by atoms with van der Waals surface area (Å²) in [7, 11) is 0. The Kier molecular flexibility index (Phi) is 5.45. The van der Waals surface area contributed by atoms with E-state index in [1.54, 1.807) is 0 Å². The van der Waals surface area contributed by atoms with Crippen LogP contribution in [-0.4, -0.2) is 30.6 Å². The maximum Gasteiger partial charge on any atom is 0.243 e. The predicted octanol–water partition coefficient (Wildman–Crippen LogP) is -0.0185. The molecule has 0 aromatic carbocycles. The van der Waals surface area contributed by atoms with Crippen LogP contribution >= 0.6 is 0 Å². The third-order valence-corrected chi connectivity index (χ3v) is 1.93. The molecule has 0 aliphatic heterocycles. The second-order valence-electron chi connectivity index (χ2n) is 3.57. The minimum Gasteiger partial charge on any atom is -0.370 e. The first-order chi connectivity index (χ1) is 7.68. The first kappa shape index (κ1) is 12.6. The average Bonchev–Trinajstić information content (AvgIpc) is 2.23. The fourth-order valence-electron chi connectivity index (χ4n) is 1.26. The lowest BCUT2D eigenvalue weighted by atomic mass is 10.2. The standard InChI is InChI=1S/C11H17N3O2/c1-9-4-10(7-14-5-9)6-13-2-3-16-8-11(12)15/h4-5,7,13H,2-3,6,8H2,1H3,(H2,12,15). The van der Waals surface area contributed by atoms with Crippen molar-refractivity contribution in [1.82, 2.24) is 10.3 Å². The van der Waals surface area contributed by atoms with Gasteiger partial charge in [0.1, 0.15) is 6.61 Å². The topological polar surface area (TPSA) is 77.2 Å². The lowest BCUT2D eigenvalue weighted by Crippen LogP contribution is -2.23. The van der Waals surface area contributed by atoms with Gasteiger partial charge in [0.2, 0.25) is 5.91 Å². The molecule has 0 unspecified atom stereocenters. The van der Waals surface area contributed by atoms with Gasteiger partial charge in [-0.3, -0.25) is 9.78 Å². The summed E-state index contributed by atoms with van der Waals surface area (Å²) < 4.78 is 5.00. The smallest absolute Gasteiger partial charge is 0.243 e. The molecule has 0 saturated heterocycles. The zero-order chi connectivity index (χ0) is 11.8. The third kappa shape index (κ3) is 5.43. The lowest BCUT2D eigenvalue weighted by Gasteiger charge is -2.05. The second kappa shape index (κ2) is 6.92. The summed E-state index contributed by atoms with van der Waals surface area (Å²) in [6.45, 7) is 3.89. The Morgan fingerprint density at radius 3 is 3.06 bits per heavy atom. The Morgan fingerprint density at radius 1 is 1.56 bits per heavy atom. The SMILES string of the molecule is Cc1cncc(CNCCOCC(N)=O)c1. The predicted molar refractivity (Wildman–Crippen MR) is 60.7 cm³/mol. The molecule has 0 radical (unpaired) electrons. The van der Waals surface area contributed by atoms with Crippen LogP contribution in [0.1, 0.15) is 11.1 Å². The number of hydrogen-bond donors (Lipinski definition) is 2. The van der Waals surface area contributed by atoms with Gasteiger partial charge in [0.05, 0.1) is 6.61 Å². The van der Waals surface area contributed by atoms with E-state index in [0.29, 0.717) is 13.2 Å². The van der Waals surface area contributed by atoms with E-state index in [4.69, 9.17) is 10.5 Å². The van der Waals surface area contributed by atoms with E-state index in [0.717, 1.165) is 17.7 Å². The summed E-state index contributed by atoms with van der Waals surface area (Å²) in [5, 5.41) is 3.19. The van der Waals surface area contributed by atoms with Crippen molar-refractivity contribution in [3.63, 3.8) is 0 Å². The van der Waals surface area contributed by atoms with Gasteiger partial charge in [-0.1, -0.05) is 6.07 Å². The number of carbonyl (C=O) groups excluding carboxylic acids is 1. The van der Waals surface area contributed by atoms with Crippen molar-refractivity contribution in [3.05, 3.63) is 29.6 Å². The van der Waals surface area contributed by atoms with Crippen LogP contribution in [0.3, 0.4) is 0 Å². The molecule has 0 aliphatic carbocycles. The quantitative estimate of drug-likeness (QED) is 0.637. The molecule has 1 heterocycles. The minimum atomic E-state index is -0.442. The Hall–Kier alpha value is -1.46. The highest BCUT2D eigenvalue weighted by atomic mass is 16.5. The second-order valence-corrected chi connectivity index (χ2v) is 3.57. The minimum absolute atomic E-state index is 0.0202. The Morgan fingerprint density at radius 2 is 2.38 bits per heavy atom. The van der Waals surface area contributed by atoms with Gasteiger partial charge in [0, 0.05) is 25.5 Å². The van der Waals surface area contributed by atoms with Gasteiger partial charge in [-0.2, -0.15) is 0 Å². The van der Waals surface area contributed by atoms with Crippen molar-refractivity contribution in [2.75, 3.05) is 19.8 Å². The molecule has 1 aromatic heterocycles. The van der Waals surface area contributed by atoms with Gasteiger partial charge in [0.25, 0.3) is 0 Å². The van der Waals surface area contributed by atoms with E-state index >= 15 is 0 Å². The van der Waals surface area contributed by atoms with Crippen LogP contribution in [0.4, 0.5) is 0 Å². The molecule has 5 heteroatoms. The molecule has 0 aliphatic rings. The highest BCUT2D eigenvalue weighted by molar-refractivity contribution is 5.74. The van der Waals surface area contributed by atoms with Gasteiger partial charge >= 0.3 is 0 Å². The largest absolute Gasteiger partial charge is 0.370 e. The summed E-state index contributed by atoms with van der Waals surface area (Å²) in [5.41, 5.74) is 7.20. The first-order valence-electron chi connectivity index (χ1n) is 5.16. The summed E-state index contributed by atoms with van der Waals surface area (Å²) in [6.07, 6.45) is 3.64. The number of nitrogens with two attached hydrogens (primary N) is 1. The van der Waals surface area contributed by atoms with Crippen molar-refractivity contribution in [1.29, 1.82) is 0 Å². The molecule has 0 spiro atoms. The van der Waals surface area contributed by atoms with Crippen molar-refractivity contribution < 1.29 is 9.53 Å². The number of primary amides is 1. The van der Waals surface area contributed by atoms with Gasteiger partial charge in [0.15, 0.2) is 0 Å². The number of nitrogens with zero attached hydrogens (tertiary/aromatic N) is 1. The number of hydrogen-bond acceptors (Lipinski definition) is 4. The number of amides is 1. The molecule has 0 fully saturated rings. The van der Waals surface area contributed by atoms with E-state index in [1.807, 2.05) is 19.3 Å². The number of ether oxygens (including phenoxy) is 1. The molecular weight excluding hydrogens is 206 g/mol. The highest BCUT2D eigenvalue weighted by Gasteiger charge is 1.95. The van der Waals surface area contributed by atoms with Crippen LogP contribution in [0, 0.1) is 6.92 Å². The average molecular weight is 223 g/mol. The van der Waals surface area contributed by atoms with E-state index < -0.39 is 5.91 Å². The van der Waals surface area contributed by atoms with E-state index in [2.05, 4.69) is 16.4 Å². The Bertz CT molecular complexity index is 342. The summed E-state index contributed by atoms with van der Waals surface area (Å²) in [6, 6.07) is 2.07. The monoisotopic (exact) mass is 223 g/mol. The maximum atomic E-state index is 10.4. The van der Waals surface area contributed by atoms with Crippen LogP contribution in [0.15, 0.2) is 18.5 Å². The molecule has 0 bridgehead atoms. The number of pyridine rings is 1. The van der Waals surface area contributed by atoms with Crippen LogP contribution < -0.4 is 11.1 Å². The summed E-state index contributed by atoms with van der Waals surface area (Å²) in [4.78, 5) is 14.4. The van der Waals surface area contributed by atoms with Crippen molar-refractivity contribution >= 4 is 5.91 Å². The number of aromatic nitrogens is 1. The number of rotatable bonds is 7. The van der Waals surface area contributed by atoms with Crippen molar-refractivity contribution in [3.8, 4) is 0 Å². The van der Waals surface area contributed by atoms with E-state index in [-0.39, 0.29) is 6.61 Å². The first-order valence-corrected chi connectivity index (χ1v) is 5.16. The maximum absolute atomic E-state index is 10.4. The van der Waals surface area contributed by atoms with Crippen molar-refractivity contribution in [2.24, 2.45) is 5.73 Å². The normalized spacial score (nSPS) is 10.3. The van der Waals surface area contributed by atoms with Crippen molar-refractivity contribution in [2.45, 2.75) is 13.5 Å². The van der Waals surface area contributed by atoms with E-state index in [1.165, 1.54) is 0 Å². The molecule has 1 amide bonds. The summed E-state index contributed by atoms with van der Waals surface area (Å²) >= 11 is 0. The van der Waals surface area contributed by atoms with Crippen LogP contribution in [0.25, 0.3) is 0 Å². The molecule has 0 atom stereocenters. The van der Waals surface area contributed by atoms with E-state index in [9.17, 15) is 4.79 Å². The van der Waals surface area contributed by atoms with Gasteiger partial charge in [-0.05, 0) is 18.1 Å². The van der Waals surface area contributed by atoms with Crippen LogP contribution in [0.2, 0.25) is 0 Å². The Labute approximate surface area is 95.0 Å². The molecule has 1 rings (SSSR count). The molecule has 1 aromatic rings. The molecule has 0 saturated carbocycles. The zero-order valence-electron chi connectivity index (χ0n) is 9.40. The third-order valence-electron chi connectivity index (χ3n) is 1.93. The van der Waals surface area contributed by atoms with Gasteiger partial charge < -0.3 is 15.8 Å². The lowest BCUT2D eigenvalue weighted by molar-refractivity contribution is -0.122. The fraction of sp³-hybridized carbons (Fsp3) is 0.455. The van der Waals surface area contributed by atoms with Crippen LogP contribution in [0.5, 0.6) is 0 Å². The molecular formula is C11H17N3O2. The van der Waals surface area contributed by atoms with Gasteiger partial charge in [-0.25, -0.2) is 0 Å².